The minimum absolute atomic E-state index is 0.0982. The Morgan fingerprint density at radius 3 is 2.71 bits per heavy atom. The van der Waals surface area contributed by atoms with Crippen LogP contribution in [0.2, 0.25) is 0 Å². The van der Waals surface area contributed by atoms with Crippen molar-refractivity contribution in [1.29, 1.82) is 0 Å². The molecule has 7 nitrogen and oxygen atoms in total. The number of nitrogens with zero attached hydrogens (tertiary/aromatic N) is 2. The number of methoxy groups -OCH3 is 1. The van der Waals surface area contributed by atoms with E-state index in [1.165, 1.54) is 0 Å². The van der Waals surface area contributed by atoms with Crippen LogP contribution in [0, 0.1) is 0 Å². The number of ether oxygens (including phenoxy) is 1. The lowest BCUT2D eigenvalue weighted by molar-refractivity contribution is -0.116. The van der Waals surface area contributed by atoms with Gasteiger partial charge in [-0.15, -0.1) is 0 Å². The summed E-state index contributed by atoms with van der Waals surface area (Å²) < 4.78 is 7.31. The van der Waals surface area contributed by atoms with Gasteiger partial charge in [-0.05, 0) is 31.0 Å². The van der Waals surface area contributed by atoms with Crippen molar-refractivity contribution in [2.24, 2.45) is 0 Å². The van der Waals surface area contributed by atoms with E-state index in [0.29, 0.717) is 34.8 Å². The van der Waals surface area contributed by atoms with Crippen LogP contribution in [0.4, 0.5) is 11.5 Å². The number of aromatic nitrogens is 2. The molecule has 3 aromatic rings. The molecule has 2 aliphatic rings. The molecule has 1 aliphatic carbocycles. The summed E-state index contributed by atoms with van der Waals surface area (Å²) >= 11 is 0. The van der Waals surface area contributed by atoms with E-state index in [1.807, 2.05) is 54.6 Å². The van der Waals surface area contributed by atoms with Gasteiger partial charge in [0.05, 0.1) is 13.3 Å². The molecule has 2 N–H and O–H groups in total. The van der Waals surface area contributed by atoms with Crippen LogP contribution in [-0.4, -0.2) is 28.6 Å². The predicted molar refractivity (Wildman–Crippen MR) is 117 cm³/mol. The second kappa shape index (κ2) is 7.75. The normalized spacial score (nSPS) is 17.5. The first-order valence-corrected chi connectivity index (χ1v) is 10.3. The Kier molecular flexibility index (Phi) is 4.78. The topological polar surface area (TPSA) is 85.2 Å². The van der Waals surface area contributed by atoms with Crippen LogP contribution in [0.1, 0.15) is 41.2 Å². The lowest BCUT2D eigenvalue weighted by Crippen LogP contribution is -2.32. The van der Waals surface area contributed by atoms with E-state index in [9.17, 15) is 9.59 Å². The van der Waals surface area contributed by atoms with Gasteiger partial charge in [0.15, 0.2) is 5.78 Å². The van der Waals surface area contributed by atoms with E-state index in [2.05, 4.69) is 15.7 Å². The van der Waals surface area contributed by atoms with Gasteiger partial charge >= 0.3 is 0 Å². The number of amides is 1. The third-order valence-corrected chi connectivity index (χ3v) is 5.75. The first-order chi connectivity index (χ1) is 15.2. The monoisotopic (exact) mass is 414 g/mol. The van der Waals surface area contributed by atoms with Crippen molar-refractivity contribution in [3.63, 3.8) is 0 Å². The summed E-state index contributed by atoms with van der Waals surface area (Å²) in [5.74, 6) is 1.10. The number of benzene rings is 2. The molecule has 7 heteroatoms. The van der Waals surface area contributed by atoms with Crippen LogP contribution >= 0.6 is 0 Å². The minimum atomic E-state index is -0.450. The average molecular weight is 414 g/mol. The summed E-state index contributed by atoms with van der Waals surface area (Å²) in [6.45, 7) is 0. The molecule has 0 radical (unpaired) electrons. The first-order valence-electron chi connectivity index (χ1n) is 10.3. The smallest absolute Gasteiger partial charge is 0.261 e. The fourth-order valence-corrected chi connectivity index (χ4v) is 4.32. The number of carbonyl (C=O) groups is 2. The largest absolute Gasteiger partial charge is 0.496 e. The molecule has 31 heavy (non-hydrogen) atoms. The van der Waals surface area contributed by atoms with Gasteiger partial charge < -0.3 is 15.4 Å². The molecule has 0 fully saturated rings. The van der Waals surface area contributed by atoms with E-state index in [-0.39, 0.29) is 11.7 Å². The highest BCUT2D eigenvalue weighted by molar-refractivity contribution is 6.08. The number of allylic oxidation sites excluding steroid dienone is 2. The van der Waals surface area contributed by atoms with Crippen molar-refractivity contribution in [2.75, 3.05) is 17.7 Å². The number of fused-ring (bicyclic) bond motifs is 1. The molecule has 1 amide bonds. The molecule has 1 aromatic heterocycles. The third-order valence-electron chi connectivity index (χ3n) is 5.75. The molecule has 0 bridgehead atoms. The number of anilines is 2. The molecule has 1 atom stereocenters. The summed E-state index contributed by atoms with van der Waals surface area (Å²) in [6, 6.07) is 16.5. The van der Waals surface area contributed by atoms with Crippen molar-refractivity contribution in [1.82, 2.24) is 9.78 Å². The molecular weight excluding hydrogens is 392 g/mol. The Bertz CT molecular complexity index is 1200. The summed E-state index contributed by atoms with van der Waals surface area (Å²) in [7, 11) is 1.61. The number of hydrogen-bond acceptors (Lipinski definition) is 5. The van der Waals surface area contributed by atoms with Crippen LogP contribution in [0.15, 0.2) is 72.1 Å². The minimum Gasteiger partial charge on any atom is -0.496 e. The number of nitrogens with one attached hydrogen (secondary N) is 2. The highest BCUT2D eigenvalue weighted by Gasteiger charge is 2.38. The Balaban J connectivity index is 1.61. The van der Waals surface area contributed by atoms with Crippen molar-refractivity contribution in [3.8, 4) is 5.75 Å². The van der Waals surface area contributed by atoms with Crippen molar-refractivity contribution in [3.05, 3.63) is 83.2 Å². The summed E-state index contributed by atoms with van der Waals surface area (Å²) in [5, 5.41) is 10.8. The van der Waals surface area contributed by atoms with Crippen molar-refractivity contribution in [2.45, 2.75) is 25.3 Å². The Morgan fingerprint density at radius 2 is 1.90 bits per heavy atom. The summed E-state index contributed by atoms with van der Waals surface area (Å²) in [5.41, 5.74) is 3.52. The third kappa shape index (κ3) is 3.28. The average Bonchev–Trinajstić information content (AvgIpc) is 3.22. The lowest BCUT2D eigenvalue weighted by atomic mass is 9.85. The number of carbonyl (C=O) groups excluding carboxylic acids is 2. The molecule has 0 spiro atoms. The van der Waals surface area contributed by atoms with Crippen LogP contribution < -0.4 is 15.4 Å². The predicted octanol–water partition coefficient (Wildman–Crippen LogP) is 4.17. The van der Waals surface area contributed by atoms with E-state index < -0.39 is 6.04 Å². The standard InChI is InChI=1S/C24H22N4O3/c1-31-20-13-6-5-10-16(20)22-21-18(11-7-12-19(21)29)27-23-17(14-25-28(22)23)24(30)26-15-8-3-2-4-9-15/h2-6,8-10,13-14,22,27H,7,11-12H2,1H3,(H,26,30). The highest BCUT2D eigenvalue weighted by atomic mass is 16.5. The van der Waals surface area contributed by atoms with Crippen LogP contribution in [0.3, 0.4) is 0 Å². The number of ketones is 1. The maximum Gasteiger partial charge on any atom is 0.261 e. The molecule has 0 saturated heterocycles. The zero-order valence-electron chi connectivity index (χ0n) is 17.1. The second-order valence-corrected chi connectivity index (χ2v) is 7.61. The second-order valence-electron chi connectivity index (χ2n) is 7.61. The van der Waals surface area contributed by atoms with Gasteiger partial charge in [0.25, 0.3) is 5.91 Å². The molecule has 1 aliphatic heterocycles. The van der Waals surface area contributed by atoms with Crippen LogP contribution in [0.5, 0.6) is 5.75 Å². The fraction of sp³-hybridized carbons (Fsp3) is 0.208. The fourth-order valence-electron chi connectivity index (χ4n) is 4.32. The van der Waals surface area contributed by atoms with Gasteiger partial charge in [-0.2, -0.15) is 5.10 Å². The van der Waals surface area contributed by atoms with Gasteiger partial charge in [0.1, 0.15) is 23.2 Å². The van der Waals surface area contributed by atoms with E-state index in [4.69, 9.17) is 4.74 Å². The summed E-state index contributed by atoms with van der Waals surface area (Å²) in [6.07, 6.45) is 3.58. The summed E-state index contributed by atoms with van der Waals surface area (Å²) in [4.78, 5) is 26.0. The van der Waals surface area contributed by atoms with Crippen LogP contribution in [-0.2, 0) is 4.79 Å². The zero-order valence-corrected chi connectivity index (χ0v) is 17.1. The molecule has 5 rings (SSSR count). The Hall–Kier alpha value is -3.87. The van der Waals surface area contributed by atoms with E-state index in [0.717, 1.165) is 24.1 Å². The van der Waals surface area contributed by atoms with Crippen molar-refractivity contribution >= 4 is 23.2 Å². The molecule has 2 heterocycles. The Morgan fingerprint density at radius 1 is 1.13 bits per heavy atom. The Labute approximate surface area is 179 Å². The number of Topliss-reactive ketones (excluding diaryl/α,β-unsaturated/α-hetero) is 1. The first kappa shape index (κ1) is 19.1. The van der Waals surface area contributed by atoms with Crippen molar-refractivity contribution < 1.29 is 14.3 Å². The van der Waals surface area contributed by atoms with Crippen LogP contribution in [0.25, 0.3) is 0 Å². The molecule has 156 valence electrons. The SMILES string of the molecule is COc1ccccc1C1C2=C(CCCC2=O)Nc2c(C(=O)Nc3ccccc3)cnn21. The molecule has 2 aromatic carbocycles. The zero-order chi connectivity index (χ0) is 21.4. The van der Waals surface area contributed by atoms with Gasteiger partial charge in [-0.1, -0.05) is 36.4 Å². The molecule has 1 unspecified atom stereocenters. The van der Waals surface area contributed by atoms with E-state index in [1.54, 1.807) is 18.0 Å². The maximum absolute atomic E-state index is 13.0. The quantitative estimate of drug-likeness (QED) is 0.669. The number of rotatable bonds is 4. The highest BCUT2D eigenvalue weighted by Crippen LogP contribution is 2.43. The van der Waals surface area contributed by atoms with E-state index >= 15 is 0 Å². The lowest BCUT2D eigenvalue weighted by Gasteiger charge is -2.34. The molecule has 0 saturated carbocycles. The number of hydrogen-bond donors (Lipinski definition) is 2. The van der Waals surface area contributed by atoms with Gasteiger partial charge in [0, 0.05) is 28.9 Å². The van der Waals surface area contributed by atoms with Gasteiger partial charge in [-0.25, -0.2) is 4.68 Å². The maximum atomic E-state index is 13.0. The van der Waals surface area contributed by atoms with Gasteiger partial charge in [0.2, 0.25) is 0 Å². The molecular formula is C24H22N4O3. The number of para-hydroxylation sites is 2. The van der Waals surface area contributed by atoms with Gasteiger partial charge in [-0.3, -0.25) is 9.59 Å².